The zero-order chi connectivity index (χ0) is 18.9. The zero-order valence-corrected chi connectivity index (χ0v) is 15.3. The van der Waals surface area contributed by atoms with Crippen LogP contribution in [0.2, 0.25) is 5.02 Å². The summed E-state index contributed by atoms with van der Waals surface area (Å²) in [6, 6.07) is 6.10. The lowest BCUT2D eigenvalue weighted by molar-refractivity contribution is -0.122. The van der Waals surface area contributed by atoms with Crippen molar-refractivity contribution in [2.45, 2.75) is 19.4 Å². The lowest BCUT2D eigenvalue weighted by Crippen LogP contribution is -2.10. The Morgan fingerprint density at radius 2 is 2.15 bits per heavy atom. The van der Waals surface area contributed by atoms with E-state index in [1.807, 2.05) is 37.2 Å². The SMILES string of the molecule is CN(C)Cc1nnc(NCCCc2nc3ccc(Cl)cc3[nH]2)o1.O=CO. The van der Waals surface area contributed by atoms with Gasteiger partial charge in [-0.25, -0.2) is 4.98 Å². The summed E-state index contributed by atoms with van der Waals surface area (Å²) in [5.74, 6) is 1.55. The highest BCUT2D eigenvalue weighted by atomic mass is 35.5. The number of hydrogen-bond donors (Lipinski definition) is 3. The van der Waals surface area contributed by atoms with Crippen molar-refractivity contribution in [2.24, 2.45) is 0 Å². The van der Waals surface area contributed by atoms with Crippen molar-refractivity contribution in [1.82, 2.24) is 25.1 Å². The topological polar surface area (TPSA) is 120 Å². The van der Waals surface area contributed by atoms with Crippen LogP contribution in [-0.2, 0) is 17.8 Å². The fourth-order valence-electron chi connectivity index (χ4n) is 2.26. The summed E-state index contributed by atoms with van der Waals surface area (Å²) < 4.78 is 5.49. The van der Waals surface area contributed by atoms with Crippen molar-refractivity contribution in [3.8, 4) is 0 Å². The van der Waals surface area contributed by atoms with Crippen molar-refractivity contribution in [3.05, 3.63) is 34.9 Å². The Balaban J connectivity index is 0.000000758. The van der Waals surface area contributed by atoms with E-state index in [0.717, 1.165) is 36.2 Å². The molecule has 0 aliphatic heterocycles. The summed E-state index contributed by atoms with van der Waals surface area (Å²) in [5, 5.41) is 18.7. The van der Waals surface area contributed by atoms with E-state index in [1.54, 1.807) is 0 Å². The number of benzene rings is 1. The van der Waals surface area contributed by atoms with Gasteiger partial charge in [0.25, 0.3) is 6.47 Å². The summed E-state index contributed by atoms with van der Waals surface area (Å²) in [7, 11) is 3.91. The molecule has 9 nitrogen and oxygen atoms in total. The van der Waals surface area contributed by atoms with Gasteiger partial charge in [-0.3, -0.25) is 4.79 Å². The molecule has 0 aliphatic carbocycles. The summed E-state index contributed by atoms with van der Waals surface area (Å²) >= 11 is 5.97. The largest absolute Gasteiger partial charge is 0.483 e. The molecule has 0 aliphatic rings. The number of halogens is 1. The first-order chi connectivity index (χ1) is 12.5. The molecule has 10 heteroatoms. The van der Waals surface area contributed by atoms with Gasteiger partial charge in [-0.05, 0) is 38.7 Å². The van der Waals surface area contributed by atoms with Gasteiger partial charge < -0.3 is 24.7 Å². The first-order valence-electron chi connectivity index (χ1n) is 7.94. The predicted molar refractivity (Wildman–Crippen MR) is 98.3 cm³/mol. The number of nitrogens with zero attached hydrogens (tertiary/aromatic N) is 4. The van der Waals surface area contributed by atoms with E-state index in [2.05, 4.69) is 25.5 Å². The van der Waals surface area contributed by atoms with Gasteiger partial charge in [0.2, 0.25) is 5.89 Å². The number of anilines is 1. The lowest BCUT2D eigenvalue weighted by atomic mass is 10.3. The van der Waals surface area contributed by atoms with Gasteiger partial charge in [-0.2, -0.15) is 0 Å². The third-order valence-corrected chi connectivity index (χ3v) is 3.51. The van der Waals surface area contributed by atoms with E-state index < -0.39 is 0 Å². The summed E-state index contributed by atoms with van der Waals surface area (Å²) in [6.07, 6.45) is 1.73. The van der Waals surface area contributed by atoms with Crippen LogP contribution in [0.15, 0.2) is 22.6 Å². The predicted octanol–water partition coefficient (Wildman–Crippen LogP) is 2.41. The number of fused-ring (bicyclic) bond motifs is 1. The van der Waals surface area contributed by atoms with Crippen LogP contribution in [0.3, 0.4) is 0 Å². The highest BCUT2D eigenvalue weighted by molar-refractivity contribution is 6.31. The van der Waals surface area contributed by atoms with Crippen LogP contribution in [0.5, 0.6) is 0 Å². The molecule has 0 saturated carbocycles. The maximum atomic E-state index is 8.36. The molecule has 0 spiro atoms. The van der Waals surface area contributed by atoms with E-state index in [0.29, 0.717) is 23.5 Å². The quantitative estimate of drug-likeness (QED) is 0.422. The average Bonchev–Trinajstić information content (AvgIpc) is 3.17. The summed E-state index contributed by atoms with van der Waals surface area (Å²) in [4.78, 5) is 18.2. The van der Waals surface area contributed by atoms with Crippen molar-refractivity contribution < 1.29 is 14.3 Å². The first-order valence-corrected chi connectivity index (χ1v) is 8.32. The third-order valence-electron chi connectivity index (χ3n) is 3.28. The number of aromatic nitrogens is 4. The Morgan fingerprint density at radius 3 is 2.88 bits per heavy atom. The van der Waals surface area contributed by atoms with E-state index in [4.69, 9.17) is 25.9 Å². The Labute approximate surface area is 155 Å². The first kappa shape index (κ1) is 19.7. The van der Waals surface area contributed by atoms with Crippen molar-refractivity contribution in [3.63, 3.8) is 0 Å². The number of nitrogens with one attached hydrogen (secondary N) is 2. The van der Waals surface area contributed by atoms with E-state index in [-0.39, 0.29) is 6.47 Å². The molecule has 26 heavy (non-hydrogen) atoms. The zero-order valence-electron chi connectivity index (χ0n) is 14.6. The van der Waals surface area contributed by atoms with Crippen LogP contribution in [0, 0.1) is 0 Å². The van der Waals surface area contributed by atoms with Gasteiger partial charge in [0.05, 0.1) is 17.6 Å². The molecule has 3 rings (SSSR count). The number of carbonyl (C=O) groups is 1. The Morgan fingerprint density at radius 1 is 1.38 bits per heavy atom. The normalized spacial score (nSPS) is 10.6. The van der Waals surface area contributed by atoms with Gasteiger partial charge >= 0.3 is 6.01 Å². The van der Waals surface area contributed by atoms with E-state index in [1.165, 1.54) is 0 Å². The highest BCUT2D eigenvalue weighted by Gasteiger charge is 2.07. The number of aromatic amines is 1. The summed E-state index contributed by atoms with van der Waals surface area (Å²) in [5.41, 5.74) is 1.90. The molecule has 0 fully saturated rings. The minimum absolute atomic E-state index is 0.250. The van der Waals surface area contributed by atoms with Gasteiger partial charge in [0.1, 0.15) is 5.82 Å². The second-order valence-corrected chi connectivity index (χ2v) is 6.16. The van der Waals surface area contributed by atoms with Crippen LogP contribution in [0.4, 0.5) is 6.01 Å². The molecule has 140 valence electrons. The molecule has 0 unspecified atom stereocenters. The van der Waals surface area contributed by atoms with Crippen LogP contribution in [-0.4, -0.2) is 57.3 Å². The Bertz CT molecular complexity index is 832. The van der Waals surface area contributed by atoms with Crippen molar-refractivity contribution in [1.29, 1.82) is 0 Å². The number of H-pyrrole nitrogens is 1. The molecule has 3 N–H and O–H groups in total. The maximum absolute atomic E-state index is 8.36. The molecular formula is C16H21ClN6O3. The fourth-order valence-corrected chi connectivity index (χ4v) is 2.44. The molecule has 0 bridgehead atoms. The minimum atomic E-state index is -0.250. The second-order valence-electron chi connectivity index (χ2n) is 5.72. The standard InChI is InChI=1S/C15H19ClN6O.CH2O2/c1-22(2)9-14-20-21-15(23-14)17-7-3-4-13-18-11-6-5-10(16)8-12(11)19-13;2-1-3/h5-6,8H,3-4,7,9H2,1-2H3,(H,17,21)(H,18,19);1H,(H,2,3). The molecular weight excluding hydrogens is 360 g/mol. The van der Waals surface area contributed by atoms with E-state index in [9.17, 15) is 0 Å². The average molecular weight is 381 g/mol. The lowest BCUT2D eigenvalue weighted by Gasteiger charge is -2.03. The van der Waals surface area contributed by atoms with Gasteiger partial charge in [-0.1, -0.05) is 16.7 Å². The van der Waals surface area contributed by atoms with E-state index >= 15 is 0 Å². The smallest absolute Gasteiger partial charge is 0.315 e. The monoisotopic (exact) mass is 380 g/mol. The molecule has 1 aromatic carbocycles. The number of imidazole rings is 1. The maximum Gasteiger partial charge on any atom is 0.315 e. The van der Waals surface area contributed by atoms with Crippen molar-refractivity contribution in [2.75, 3.05) is 26.0 Å². The van der Waals surface area contributed by atoms with Crippen LogP contribution in [0.25, 0.3) is 11.0 Å². The Hall–Kier alpha value is -2.65. The van der Waals surface area contributed by atoms with Crippen LogP contribution >= 0.6 is 11.6 Å². The molecule has 3 aromatic rings. The van der Waals surface area contributed by atoms with Crippen molar-refractivity contribution >= 4 is 35.1 Å². The molecule has 2 aromatic heterocycles. The number of carboxylic acid groups (broad SMARTS) is 1. The Kier molecular flexibility index (Phi) is 7.37. The van der Waals surface area contributed by atoms with Crippen LogP contribution < -0.4 is 5.32 Å². The number of rotatable bonds is 7. The number of hydrogen-bond acceptors (Lipinski definition) is 7. The van der Waals surface area contributed by atoms with Gasteiger partial charge in [0, 0.05) is 18.0 Å². The molecule has 0 saturated heterocycles. The molecule has 0 atom stereocenters. The second kappa shape index (κ2) is 9.73. The molecule has 2 heterocycles. The third kappa shape index (κ3) is 6.01. The van der Waals surface area contributed by atoms with Gasteiger partial charge in [-0.15, -0.1) is 5.10 Å². The molecule has 0 radical (unpaired) electrons. The fraction of sp³-hybridized carbons (Fsp3) is 0.375. The summed E-state index contributed by atoms with van der Waals surface area (Å²) in [6.45, 7) is 1.12. The van der Waals surface area contributed by atoms with Gasteiger partial charge in [0.15, 0.2) is 0 Å². The number of aryl methyl sites for hydroxylation is 1. The molecule has 0 amide bonds. The minimum Gasteiger partial charge on any atom is -0.483 e. The van der Waals surface area contributed by atoms with Crippen LogP contribution in [0.1, 0.15) is 18.1 Å². The highest BCUT2D eigenvalue weighted by Crippen LogP contribution is 2.17.